The Morgan fingerprint density at radius 3 is 2.57 bits per heavy atom. The lowest BCUT2D eigenvalue weighted by molar-refractivity contribution is -0.133. The van der Waals surface area contributed by atoms with Crippen molar-refractivity contribution in [3.63, 3.8) is 0 Å². The van der Waals surface area contributed by atoms with Gasteiger partial charge in [-0.1, -0.05) is 0 Å². The first-order chi connectivity index (χ1) is 9.87. The average molecular weight is 314 g/mol. The lowest BCUT2D eigenvalue weighted by Crippen LogP contribution is -2.51. The first kappa shape index (κ1) is 14.0. The number of hydrogen-bond donors (Lipinski definition) is 1. The van der Waals surface area contributed by atoms with Crippen LogP contribution in [0.5, 0.6) is 0 Å². The van der Waals surface area contributed by atoms with Crippen molar-refractivity contribution in [1.82, 2.24) is 9.62 Å². The largest absolute Gasteiger partial charge is 0.381 e. The van der Waals surface area contributed by atoms with Crippen molar-refractivity contribution in [2.24, 2.45) is 23.2 Å². The maximum Gasteiger partial charge on any atom is 0.226 e. The van der Waals surface area contributed by atoms with E-state index in [4.69, 9.17) is 4.74 Å². The molecule has 0 aromatic carbocycles. The number of likely N-dealkylation sites (tertiary alicyclic amines) is 1. The molecular weight excluding hydrogens is 292 g/mol. The van der Waals surface area contributed by atoms with Crippen LogP contribution in [0.15, 0.2) is 0 Å². The van der Waals surface area contributed by atoms with Gasteiger partial charge in [0.15, 0.2) is 0 Å². The number of fused-ring (bicyclic) bond motifs is 1. The van der Waals surface area contributed by atoms with Crippen LogP contribution in [-0.2, 0) is 19.6 Å². The third kappa shape index (κ3) is 2.39. The van der Waals surface area contributed by atoms with Crippen molar-refractivity contribution in [3.05, 3.63) is 0 Å². The Balaban J connectivity index is 1.31. The van der Waals surface area contributed by atoms with Crippen molar-refractivity contribution in [2.75, 3.05) is 32.6 Å². The topological polar surface area (TPSA) is 75.7 Å². The average Bonchev–Trinajstić information content (AvgIpc) is 2.77. The van der Waals surface area contributed by atoms with Crippen LogP contribution in [0.25, 0.3) is 0 Å². The summed E-state index contributed by atoms with van der Waals surface area (Å²) in [5, 5.41) is 0. The lowest BCUT2D eigenvalue weighted by atomic mass is 9.65. The zero-order valence-corrected chi connectivity index (χ0v) is 13.1. The van der Waals surface area contributed by atoms with Gasteiger partial charge in [0.1, 0.15) is 0 Å². The summed E-state index contributed by atoms with van der Waals surface area (Å²) in [5.74, 6) is 1.45. The van der Waals surface area contributed by atoms with Gasteiger partial charge >= 0.3 is 0 Å². The third-order valence-corrected chi connectivity index (χ3v) is 6.49. The van der Waals surface area contributed by atoms with E-state index in [1.54, 1.807) is 0 Å². The van der Waals surface area contributed by atoms with E-state index in [2.05, 4.69) is 4.72 Å². The van der Waals surface area contributed by atoms with Gasteiger partial charge in [0.05, 0.1) is 19.5 Å². The number of sulfonamides is 1. The number of carbonyl (C=O) groups is 1. The van der Waals surface area contributed by atoms with Gasteiger partial charge in [-0.2, -0.15) is 0 Å². The Kier molecular flexibility index (Phi) is 2.94. The van der Waals surface area contributed by atoms with Gasteiger partial charge in [-0.05, 0) is 36.5 Å². The molecule has 1 spiro atoms. The highest BCUT2D eigenvalue weighted by molar-refractivity contribution is 7.88. The number of ether oxygens (including phenoxy) is 1. The van der Waals surface area contributed by atoms with Crippen molar-refractivity contribution in [1.29, 1.82) is 0 Å². The summed E-state index contributed by atoms with van der Waals surface area (Å²) in [5.41, 5.74) is 0.165. The molecule has 0 aromatic heterocycles. The quantitative estimate of drug-likeness (QED) is 0.783. The Hall–Kier alpha value is -0.660. The molecule has 118 valence electrons. The lowest BCUT2D eigenvalue weighted by Gasteiger charge is -2.45. The monoisotopic (exact) mass is 314 g/mol. The summed E-state index contributed by atoms with van der Waals surface area (Å²) >= 11 is 0. The standard InChI is InChI=1S/C14H22N2O4S/c1-21(18,19)15-9-4-14(5-9)2-3-16(8-14)13(17)12-10-6-20-7-11(10)12/h9-12,15H,2-8H2,1H3/t9?,10-,11+,12?,14?. The van der Waals surface area contributed by atoms with E-state index in [0.29, 0.717) is 17.7 Å². The van der Waals surface area contributed by atoms with Gasteiger partial charge in [-0.3, -0.25) is 4.79 Å². The summed E-state index contributed by atoms with van der Waals surface area (Å²) in [7, 11) is -3.12. The molecular formula is C14H22N2O4S. The molecule has 7 heteroatoms. The summed E-state index contributed by atoms with van der Waals surface area (Å²) in [6, 6.07) is 0.0590. The molecule has 2 saturated carbocycles. The molecule has 4 aliphatic rings. The minimum Gasteiger partial charge on any atom is -0.381 e. The van der Waals surface area contributed by atoms with Gasteiger partial charge < -0.3 is 9.64 Å². The number of rotatable bonds is 3. The van der Waals surface area contributed by atoms with E-state index in [1.807, 2.05) is 4.90 Å². The van der Waals surface area contributed by atoms with Crippen LogP contribution in [0.4, 0.5) is 0 Å². The van der Waals surface area contributed by atoms with Gasteiger partial charge in [-0.15, -0.1) is 0 Å². The smallest absolute Gasteiger partial charge is 0.226 e. The highest BCUT2D eigenvalue weighted by Gasteiger charge is 2.60. The Morgan fingerprint density at radius 1 is 1.29 bits per heavy atom. The fraction of sp³-hybridized carbons (Fsp3) is 0.929. The second-order valence-electron chi connectivity index (χ2n) is 7.40. The number of nitrogens with one attached hydrogen (secondary N) is 1. The number of amides is 1. The van der Waals surface area contributed by atoms with Crippen LogP contribution < -0.4 is 4.72 Å². The van der Waals surface area contributed by atoms with Crippen LogP contribution >= 0.6 is 0 Å². The number of nitrogens with zero attached hydrogens (tertiary/aromatic N) is 1. The molecule has 2 aliphatic carbocycles. The van der Waals surface area contributed by atoms with E-state index < -0.39 is 10.0 Å². The molecule has 21 heavy (non-hydrogen) atoms. The van der Waals surface area contributed by atoms with Gasteiger partial charge in [0.2, 0.25) is 15.9 Å². The minimum absolute atomic E-state index is 0.0590. The molecule has 6 nitrogen and oxygen atoms in total. The third-order valence-electron chi connectivity index (χ3n) is 5.73. The molecule has 4 rings (SSSR count). The molecule has 0 bridgehead atoms. The van der Waals surface area contributed by atoms with Crippen molar-refractivity contribution >= 4 is 15.9 Å². The van der Waals surface area contributed by atoms with Crippen LogP contribution in [-0.4, -0.2) is 57.8 Å². The van der Waals surface area contributed by atoms with Gasteiger partial charge in [0.25, 0.3) is 0 Å². The predicted molar refractivity (Wildman–Crippen MR) is 75.9 cm³/mol. The van der Waals surface area contributed by atoms with Gasteiger partial charge in [0, 0.05) is 25.0 Å². The molecule has 4 fully saturated rings. The van der Waals surface area contributed by atoms with Crippen molar-refractivity contribution < 1.29 is 17.9 Å². The van der Waals surface area contributed by atoms with E-state index >= 15 is 0 Å². The fourth-order valence-electron chi connectivity index (χ4n) is 4.64. The van der Waals surface area contributed by atoms with Crippen LogP contribution in [0.1, 0.15) is 19.3 Å². The van der Waals surface area contributed by atoms with Crippen LogP contribution in [0.2, 0.25) is 0 Å². The SMILES string of the molecule is CS(=O)(=O)NC1CC2(CCN(C(=O)C3[C@H]4COC[C@@H]34)C2)C1. The first-order valence-electron chi connectivity index (χ1n) is 7.71. The fourth-order valence-corrected chi connectivity index (χ4v) is 5.42. The molecule has 0 aromatic rings. The molecule has 2 saturated heterocycles. The normalized spacial score (nSPS) is 44.7. The zero-order chi connectivity index (χ0) is 14.8. The Bertz CT molecular complexity index is 560. The van der Waals surface area contributed by atoms with Gasteiger partial charge in [-0.25, -0.2) is 13.1 Å². The second kappa shape index (κ2) is 4.43. The molecule has 1 N–H and O–H groups in total. The molecule has 0 radical (unpaired) electrons. The van der Waals surface area contributed by atoms with E-state index in [-0.39, 0.29) is 17.4 Å². The summed E-state index contributed by atoms with van der Waals surface area (Å²) in [6.45, 7) is 3.15. The maximum absolute atomic E-state index is 12.5. The summed E-state index contributed by atoms with van der Waals surface area (Å²) < 4.78 is 30.5. The zero-order valence-electron chi connectivity index (χ0n) is 12.2. The first-order valence-corrected chi connectivity index (χ1v) is 9.60. The minimum atomic E-state index is -3.12. The molecule has 1 amide bonds. The number of carbonyl (C=O) groups excluding carboxylic acids is 1. The highest BCUT2D eigenvalue weighted by Crippen LogP contribution is 2.54. The van der Waals surface area contributed by atoms with E-state index in [9.17, 15) is 13.2 Å². The Labute approximate surface area is 125 Å². The molecule has 2 heterocycles. The van der Waals surface area contributed by atoms with Crippen LogP contribution in [0, 0.1) is 23.2 Å². The van der Waals surface area contributed by atoms with Crippen molar-refractivity contribution in [3.8, 4) is 0 Å². The molecule has 2 aliphatic heterocycles. The highest BCUT2D eigenvalue weighted by atomic mass is 32.2. The van der Waals surface area contributed by atoms with E-state index in [1.165, 1.54) is 6.26 Å². The van der Waals surface area contributed by atoms with E-state index in [0.717, 1.165) is 45.6 Å². The molecule has 1 unspecified atom stereocenters. The van der Waals surface area contributed by atoms with Crippen molar-refractivity contribution in [2.45, 2.75) is 25.3 Å². The number of hydrogen-bond acceptors (Lipinski definition) is 4. The maximum atomic E-state index is 12.5. The second-order valence-corrected chi connectivity index (χ2v) is 9.18. The van der Waals surface area contributed by atoms with Crippen LogP contribution in [0.3, 0.4) is 0 Å². The summed E-state index contributed by atoms with van der Waals surface area (Å²) in [6.07, 6.45) is 3.95. The summed E-state index contributed by atoms with van der Waals surface area (Å²) in [4.78, 5) is 14.5. The Morgan fingerprint density at radius 2 is 1.95 bits per heavy atom. The molecule has 3 atom stereocenters. The predicted octanol–water partition coefficient (Wildman–Crippen LogP) is -0.191.